The standard InChI is InChI=1S/C24H33N3O2S/c1-5-20(6-2)27-22-8-7-18(23(29)10-17(13-28)9-16(3)4)11-21(22)26-24(27)12-19-14-30-15-25-19/h7-8,11,14-17,20,28H,5-6,9-10,12-13H2,1-4H3/t17-/m1/s1. The minimum absolute atomic E-state index is 0.00976. The second-order valence-electron chi connectivity index (χ2n) is 8.53. The van der Waals surface area contributed by atoms with Crippen LogP contribution >= 0.6 is 11.3 Å². The number of aliphatic hydroxyl groups is 1. The molecule has 2 aromatic heterocycles. The summed E-state index contributed by atoms with van der Waals surface area (Å²) in [6.45, 7) is 8.69. The van der Waals surface area contributed by atoms with Gasteiger partial charge in [-0.25, -0.2) is 9.97 Å². The summed E-state index contributed by atoms with van der Waals surface area (Å²) in [7, 11) is 0. The Labute approximate surface area is 183 Å². The van der Waals surface area contributed by atoms with Crippen LogP contribution in [0.5, 0.6) is 0 Å². The molecule has 0 saturated carbocycles. The van der Waals surface area contributed by atoms with Crippen molar-refractivity contribution in [2.45, 2.75) is 65.8 Å². The maximum absolute atomic E-state index is 12.9. The highest BCUT2D eigenvalue weighted by Gasteiger charge is 2.20. The Balaban J connectivity index is 1.94. The highest BCUT2D eigenvalue weighted by molar-refractivity contribution is 7.07. The van der Waals surface area contributed by atoms with Crippen molar-refractivity contribution in [2.24, 2.45) is 11.8 Å². The zero-order chi connectivity index (χ0) is 21.7. The SMILES string of the molecule is CCC(CC)n1c(Cc2cscn2)nc2cc(C(=O)C[C@H](CO)CC(C)C)ccc21. The maximum atomic E-state index is 12.9. The molecule has 2 heterocycles. The molecule has 3 rings (SSSR count). The van der Waals surface area contributed by atoms with Crippen molar-refractivity contribution in [3.8, 4) is 0 Å². The quantitative estimate of drug-likeness (QED) is 0.400. The van der Waals surface area contributed by atoms with E-state index in [0.29, 0.717) is 30.4 Å². The molecule has 0 radical (unpaired) electrons. The number of ketones is 1. The van der Waals surface area contributed by atoms with Gasteiger partial charge in [-0.05, 0) is 49.3 Å². The molecule has 0 aliphatic carbocycles. The number of aromatic nitrogens is 3. The number of nitrogens with zero attached hydrogens (tertiary/aromatic N) is 3. The Kier molecular flexibility index (Phi) is 7.78. The van der Waals surface area contributed by atoms with Crippen LogP contribution in [0.1, 0.15) is 81.3 Å². The van der Waals surface area contributed by atoms with Gasteiger partial charge in [-0.15, -0.1) is 11.3 Å². The third kappa shape index (κ3) is 5.16. The molecule has 6 heteroatoms. The van der Waals surface area contributed by atoms with Crippen LogP contribution in [0.25, 0.3) is 11.0 Å². The van der Waals surface area contributed by atoms with E-state index >= 15 is 0 Å². The van der Waals surface area contributed by atoms with Gasteiger partial charge >= 0.3 is 0 Å². The van der Waals surface area contributed by atoms with Gasteiger partial charge in [0.1, 0.15) is 5.82 Å². The van der Waals surface area contributed by atoms with Crippen LogP contribution in [-0.2, 0) is 6.42 Å². The van der Waals surface area contributed by atoms with E-state index in [9.17, 15) is 9.90 Å². The summed E-state index contributed by atoms with van der Waals surface area (Å²) in [6.07, 6.45) is 3.98. The molecular formula is C24H33N3O2S. The summed E-state index contributed by atoms with van der Waals surface area (Å²) in [5.74, 6) is 1.55. The fourth-order valence-electron chi connectivity index (χ4n) is 4.26. The Hall–Kier alpha value is -2.05. The first-order valence-corrected chi connectivity index (χ1v) is 11.9. The Morgan fingerprint density at radius 3 is 2.60 bits per heavy atom. The van der Waals surface area contributed by atoms with Crippen LogP contribution < -0.4 is 0 Å². The first-order valence-electron chi connectivity index (χ1n) is 11.0. The molecule has 0 saturated heterocycles. The molecule has 1 aromatic carbocycles. The lowest BCUT2D eigenvalue weighted by molar-refractivity contribution is 0.0924. The van der Waals surface area contributed by atoms with E-state index in [2.05, 4.69) is 42.6 Å². The summed E-state index contributed by atoms with van der Waals surface area (Å²) in [5, 5.41) is 11.7. The van der Waals surface area contributed by atoms with Crippen LogP contribution in [0.4, 0.5) is 0 Å². The first-order chi connectivity index (χ1) is 14.5. The summed E-state index contributed by atoms with van der Waals surface area (Å²) >= 11 is 1.60. The third-order valence-electron chi connectivity index (χ3n) is 5.75. The molecule has 0 bridgehead atoms. The summed E-state index contributed by atoms with van der Waals surface area (Å²) < 4.78 is 2.33. The molecule has 1 atom stereocenters. The highest BCUT2D eigenvalue weighted by atomic mass is 32.1. The van der Waals surface area contributed by atoms with Crippen molar-refractivity contribution >= 4 is 28.2 Å². The molecule has 0 aliphatic heterocycles. The monoisotopic (exact) mass is 427 g/mol. The minimum Gasteiger partial charge on any atom is -0.396 e. The number of carbonyl (C=O) groups excluding carboxylic acids is 1. The van der Waals surface area contributed by atoms with E-state index in [1.165, 1.54) is 0 Å². The normalized spacial score (nSPS) is 12.9. The number of thiazole rings is 1. The average Bonchev–Trinajstić information content (AvgIpc) is 3.36. The van der Waals surface area contributed by atoms with Gasteiger partial charge in [0.2, 0.25) is 0 Å². The van der Waals surface area contributed by atoms with Gasteiger partial charge in [-0.2, -0.15) is 0 Å². The lowest BCUT2D eigenvalue weighted by atomic mass is 9.91. The molecule has 3 aromatic rings. The fourth-order valence-corrected chi connectivity index (χ4v) is 4.82. The zero-order valence-corrected chi connectivity index (χ0v) is 19.3. The van der Waals surface area contributed by atoms with E-state index in [1.807, 2.05) is 23.7 Å². The van der Waals surface area contributed by atoms with Crippen molar-refractivity contribution in [1.29, 1.82) is 0 Å². The largest absolute Gasteiger partial charge is 0.396 e. The van der Waals surface area contributed by atoms with Crippen molar-refractivity contribution in [3.63, 3.8) is 0 Å². The zero-order valence-electron chi connectivity index (χ0n) is 18.5. The van der Waals surface area contributed by atoms with Gasteiger partial charge in [0.05, 0.1) is 22.2 Å². The van der Waals surface area contributed by atoms with Gasteiger partial charge in [0.25, 0.3) is 0 Å². The molecule has 0 aliphatic rings. The van der Waals surface area contributed by atoms with Crippen LogP contribution in [0.2, 0.25) is 0 Å². The fraction of sp³-hybridized carbons (Fsp3) is 0.542. The van der Waals surface area contributed by atoms with Gasteiger partial charge in [-0.1, -0.05) is 27.7 Å². The lowest BCUT2D eigenvalue weighted by Crippen LogP contribution is -2.15. The number of hydrogen-bond donors (Lipinski definition) is 1. The number of benzene rings is 1. The van der Waals surface area contributed by atoms with E-state index in [1.54, 1.807) is 11.3 Å². The molecular weight excluding hydrogens is 394 g/mol. The van der Waals surface area contributed by atoms with Gasteiger partial charge in [0.15, 0.2) is 5.78 Å². The number of aliphatic hydroxyl groups excluding tert-OH is 1. The van der Waals surface area contributed by atoms with Crippen molar-refractivity contribution in [1.82, 2.24) is 14.5 Å². The predicted molar refractivity (Wildman–Crippen MR) is 123 cm³/mol. The number of hydrogen-bond acceptors (Lipinski definition) is 5. The number of Topliss-reactive ketones (excluding diaryl/α,β-unsaturated/α-hetero) is 1. The Morgan fingerprint density at radius 1 is 1.23 bits per heavy atom. The Morgan fingerprint density at radius 2 is 2.00 bits per heavy atom. The molecule has 1 N–H and O–H groups in total. The van der Waals surface area contributed by atoms with Gasteiger partial charge in [0, 0.05) is 36.4 Å². The van der Waals surface area contributed by atoms with Crippen LogP contribution in [0.3, 0.4) is 0 Å². The highest BCUT2D eigenvalue weighted by Crippen LogP contribution is 2.28. The molecule has 30 heavy (non-hydrogen) atoms. The number of rotatable bonds is 11. The first kappa shape index (κ1) is 22.6. The van der Waals surface area contributed by atoms with Gasteiger partial charge in [-0.3, -0.25) is 4.79 Å². The second-order valence-corrected chi connectivity index (χ2v) is 9.25. The number of carbonyl (C=O) groups is 1. The molecule has 0 amide bonds. The smallest absolute Gasteiger partial charge is 0.163 e. The molecule has 0 spiro atoms. The predicted octanol–water partition coefficient (Wildman–Crippen LogP) is 5.67. The van der Waals surface area contributed by atoms with E-state index in [-0.39, 0.29) is 18.3 Å². The van der Waals surface area contributed by atoms with Crippen molar-refractivity contribution < 1.29 is 9.90 Å². The lowest BCUT2D eigenvalue weighted by Gasteiger charge is -2.19. The average molecular weight is 428 g/mol. The summed E-state index contributed by atoms with van der Waals surface area (Å²) in [5.41, 5.74) is 5.50. The van der Waals surface area contributed by atoms with Crippen molar-refractivity contribution in [2.75, 3.05) is 6.61 Å². The van der Waals surface area contributed by atoms with E-state index in [0.717, 1.165) is 41.8 Å². The molecule has 162 valence electrons. The molecule has 5 nitrogen and oxygen atoms in total. The topological polar surface area (TPSA) is 68.0 Å². The van der Waals surface area contributed by atoms with Crippen molar-refractivity contribution in [3.05, 3.63) is 46.2 Å². The van der Waals surface area contributed by atoms with Crippen LogP contribution in [-0.4, -0.2) is 32.0 Å². The maximum Gasteiger partial charge on any atom is 0.163 e. The third-order valence-corrected chi connectivity index (χ3v) is 6.39. The Bertz CT molecular complexity index is 958. The van der Waals surface area contributed by atoms with Crippen LogP contribution in [0.15, 0.2) is 29.1 Å². The number of fused-ring (bicyclic) bond motifs is 1. The number of imidazole rings is 1. The second kappa shape index (κ2) is 10.3. The van der Waals surface area contributed by atoms with E-state index in [4.69, 9.17) is 4.98 Å². The summed E-state index contributed by atoms with van der Waals surface area (Å²) in [6, 6.07) is 6.25. The van der Waals surface area contributed by atoms with Crippen LogP contribution in [0, 0.1) is 11.8 Å². The van der Waals surface area contributed by atoms with Gasteiger partial charge < -0.3 is 9.67 Å². The molecule has 0 unspecified atom stereocenters. The minimum atomic E-state index is 0.00976. The van der Waals surface area contributed by atoms with E-state index < -0.39 is 0 Å². The summed E-state index contributed by atoms with van der Waals surface area (Å²) in [4.78, 5) is 22.2. The molecule has 0 fully saturated rings.